The Morgan fingerprint density at radius 1 is 1.16 bits per heavy atom. The first-order valence-electron chi connectivity index (χ1n) is 7.92. The van der Waals surface area contributed by atoms with E-state index in [9.17, 15) is 14.7 Å². The van der Waals surface area contributed by atoms with Gasteiger partial charge in [0.05, 0.1) is 23.2 Å². The van der Waals surface area contributed by atoms with E-state index in [-0.39, 0.29) is 16.6 Å². The molecule has 0 bridgehead atoms. The number of halogens is 1. The Labute approximate surface area is 151 Å². The van der Waals surface area contributed by atoms with E-state index in [2.05, 4.69) is 15.3 Å². The second-order valence-corrected chi connectivity index (χ2v) is 6.48. The van der Waals surface area contributed by atoms with Crippen LogP contribution in [0.15, 0.2) is 36.5 Å². The number of carboxylic acid groups (broad SMARTS) is 1. The average Bonchev–Trinajstić information content (AvgIpc) is 2.59. The summed E-state index contributed by atoms with van der Waals surface area (Å²) in [6, 6.07) is 8.23. The van der Waals surface area contributed by atoms with Crippen molar-refractivity contribution in [3.05, 3.63) is 58.6 Å². The normalized spacial score (nSPS) is 13.3. The van der Waals surface area contributed by atoms with Crippen molar-refractivity contribution in [2.75, 3.05) is 0 Å². The Balaban J connectivity index is 2.34. The van der Waals surface area contributed by atoms with E-state index in [1.165, 1.54) is 6.20 Å². The minimum Gasteiger partial charge on any atom is -0.481 e. The molecular formula is C18H20ClN3O3. The number of hydrogen-bond acceptors (Lipinski definition) is 4. The van der Waals surface area contributed by atoms with Crippen LogP contribution in [-0.2, 0) is 4.79 Å². The van der Waals surface area contributed by atoms with Crippen molar-refractivity contribution in [1.82, 2.24) is 15.3 Å². The van der Waals surface area contributed by atoms with Crippen LogP contribution in [-0.4, -0.2) is 27.0 Å². The van der Waals surface area contributed by atoms with Gasteiger partial charge in [-0.15, -0.1) is 0 Å². The monoisotopic (exact) mass is 361 g/mol. The first-order valence-corrected chi connectivity index (χ1v) is 8.30. The molecule has 0 saturated carbocycles. The summed E-state index contributed by atoms with van der Waals surface area (Å²) in [4.78, 5) is 32.4. The predicted octanol–water partition coefficient (Wildman–Crippen LogP) is 3.45. The van der Waals surface area contributed by atoms with E-state index in [0.717, 1.165) is 0 Å². The zero-order valence-corrected chi connectivity index (χ0v) is 15.0. The molecule has 2 rings (SSSR count). The van der Waals surface area contributed by atoms with Gasteiger partial charge in [-0.3, -0.25) is 9.59 Å². The lowest BCUT2D eigenvalue weighted by Crippen LogP contribution is -2.36. The van der Waals surface area contributed by atoms with Crippen molar-refractivity contribution in [2.45, 2.75) is 32.7 Å². The van der Waals surface area contributed by atoms with Crippen LogP contribution in [0, 0.1) is 5.92 Å². The first-order chi connectivity index (χ1) is 11.8. The maximum atomic E-state index is 12.7. The number of carboxylic acids is 1. The Hall–Kier alpha value is -2.47. The van der Waals surface area contributed by atoms with E-state index in [4.69, 9.17) is 11.6 Å². The van der Waals surface area contributed by atoms with Crippen molar-refractivity contribution >= 4 is 23.5 Å². The van der Waals surface area contributed by atoms with Crippen LogP contribution in [0.5, 0.6) is 0 Å². The van der Waals surface area contributed by atoms with Crippen LogP contribution in [0.25, 0.3) is 0 Å². The standard InChI is InChI=1S/C18H20ClN3O3/c1-10(2)16-20-9-13(19)15(21-16)17(23)22-14(11(3)18(24)25)12-7-5-4-6-8-12/h4-11,14H,1-3H3,(H,22,23)(H,24,25). The second-order valence-electron chi connectivity index (χ2n) is 6.07. The lowest BCUT2D eigenvalue weighted by Gasteiger charge is -2.23. The van der Waals surface area contributed by atoms with Crippen LogP contribution in [0.3, 0.4) is 0 Å². The van der Waals surface area contributed by atoms with Crippen LogP contribution in [0.4, 0.5) is 0 Å². The minimum atomic E-state index is -1.01. The third kappa shape index (κ3) is 4.54. The molecule has 2 N–H and O–H groups in total. The molecule has 7 heteroatoms. The Bertz CT molecular complexity index is 765. The Morgan fingerprint density at radius 3 is 2.36 bits per heavy atom. The van der Waals surface area contributed by atoms with E-state index < -0.39 is 23.8 Å². The predicted molar refractivity (Wildman–Crippen MR) is 94.6 cm³/mol. The summed E-state index contributed by atoms with van der Waals surface area (Å²) in [7, 11) is 0. The van der Waals surface area contributed by atoms with Gasteiger partial charge in [0, 0.05) is 5.92 Å². The highest BCUT2D eigenvalue weighted by Gasteiger charge is 2.28. The molecule has 1 heterocycles. The molecule has 0 spiro atoms. The van der Waals surface area contributed by atoms with Gasteiger partial charge in [0.2, 0.25) is 0 Å². The quantitative estimate of drug-likeness (QED) is 0.822. The van der Waals surface area contributed by atoms with Crippen LogP contribution < -0.4 is 5.32 Å². The van der Waals surface area contributed by atoms with Gasteiger partial charge in [-0.2, -0.15) is 0 Å². The van der Waals surface area contributed by atoms with Crippen molar-refractivity contribution in [3.63, 3.8) is 0 Å². The Morgan fingerprint density at radius 2 is 1.80 bits per heavy atom. The fourth-order valence-corrected chi connectivity index (χ4v) is 2.50. The lowest BCUT2D eigenvalue weighted by molar-refractivity contribution is -0.142. The molecule has 0 aliphatic heterocycles. The summed E-state index contributed by atoms with van der Waals surface area (Å²) in [6.07, 6.45) is 1.39. The van der Waals surface area contributed by atoms with Crippen LogP contribution >= 0.6 is 11.6 Å². The first kappa shape index (κ1) is 18.9. The third-order valence-corrected chi connectivity index (χ3v) is 4.11. The fraction of sp³-hybridized carbons (Fsp3) is 0.333. The maximum Gasteiger partial charge on any atom is 0.308 e. The third-order valence-electron chi connectivity index (χ3n) is 3.83. The molecule has 2 atom stereocenters. The average molecular weight is 362 g/mol. The Kier molecular flexibility index (Phi) is 6.09. The minimum absolute atomic E-state index is 0.0340. The summed E-state index contributed by atoms with van der Waals surface area (Å²) >= 11 is 6.07. The number of carbonyl (C=O) groups is 2. The van der Waals surface area contributed by atoms with Crippen molar-refractivity contribution in [2.24, 2.45) is 5.92 Å². The smallest absolute Gasteiger partial charge is 0.308 e. The molecule has 0 radical (unpaired) electrons. The molecule has 2 unspecified atom stereocenters. The van der Waals surface area contributed by atoms with Gasteiger partial charge in [0.15, 0.2) is 0 Å². The highest BCUT2D eigenvalue weighted by molar-refractivity contribution is 6.33. The van der Waals surface area contributed by atoms with E-state index in [0.29, 0.717) is 11.4 Å². The van der Waals surface area contributed by atoms with Crippen molar-refractivity contribution < 1.29 is 14.7 Å². The van der Waals surface area contributed by atoms with Gasteiger partial charge in [0.1, 0.15) is 11.5 Å². The number of aromatic nitrogens is 2. The fourth-order valence-electron chi connectivity index (χ4n) is 2.33. The number of aliphatic carboxylic acids is 1. The van der Waals surface area contributed by atoms with Gasteiger partial charge < -0.3 is 10.4 Å². The maximum absolute atomic E-state index is 12.7. The summed E-state index contributed by atoms with van der Waals surface area (Å²) in [5.41, 5.74) is 0.735. The SMILES string of the molecule is CC(C)c1ncc(Cl)c(C(=O)NC(c2ccccc2)C(C)C(=O)O)n1. The number of carbonyl (C=O) groups excluding carboxylic acids is 1. The van der Waals surface area contributed by atoms with Gasteiger partial charge in [-0.05, 0) is 12.5 Å². The van der Waals surface area contributed by atoms with Crippen LogP contribution in [0.2, 0.25) is 5.02 Å². The largest absolute Gasteiger partial charge is 0.481 e. The molecule has 1 aromatic heterocycles. The molecule has 25 heavy (non-hydrogen) atoms. The van der Waals surface area contributed by atoms with E-state index in [1.807, 2.05) is 19.9 Å². The van der Waals surface area contributed by atoms with Gasteiger partial charge in [-0.25, -0.2) is 9.97 Å². The number of benzene rings is 1. The summed E-state index contributed by atoms with van der Waals surface area (Å²) in [5, 5.41) is 12.2. The number of hydrogen-bond donors (Lipinski definition) is 2. The lowest BCUT2D eigenvalue weighted by atomic mass is 9.94. The molecule has 1 aromatic carbocycles. The molecule has 1 amide bonds. The van der Waals surface area contributed by atoms with Crippen LogP contribution in [0.1, 0.15) is 54.6 Å². The second kappa shape index (κ2) is 8.07. The van der Waals surface area contributed by atoms with E-state index in [1.54, 1.807) is 31.2 Å². The molecule has 0 saturated heterocycles. The highest BCUT2D eigenvalue weighted by atomic mass is 35.5. The van der Waals surface area contributed by atoms with Gasteiger partial charge in [0.25, 0.3) is 5.91 Å². The molecule has 132 valence electrons. The topological polar surface area (TPSA) is 92.2 Å². The van der Waals surface area contributed by atoms with Gasteiger partial charge in [-0.1, -0.05) is 55.8 Å². The summed E-state index contributed by atoms with van der Waals surface area (Å²) in [5.74, 6) is -1.83. The molecule has 2 aromatic rings. The molecule has 6 nitrogen and oxygen atoms in total. The zero-order valence-electron chi connectivity index (χ0n) is 14.2. The van der Waals surface area contributed by atoms with Gasteiger partial charge >= 0.3 is 5.97 Å². The van der Waals surface area contributed by atoms with E-state index >= 15 is 0 Å². The molecule has 0 aliphatic carbocycles. The summed E-state index contributed by atoms with van der Waals surface area (Å²) < 4.78 is 0. The summed E-state index contributed by atoms with van der Waals surface area (Å²) in [6.45, 7) is 5.36. The number of nitrogens with one attached hydrogen (secondary N) is 1. The molecule has 0 aliphatic rings. The molecular weight excluding hydrogens is 342 g/mol. The van der Waals surface area contributed by atoms with Crippen molar-refractivity contribution in [1.29, 1.82) is 0 Å². The zero-order chi connectivity index (χ0) is 18.6. The number of rotatable bonds is 6. The number of nitrogens with zero attached hydrogens (tertiary/aromatic N) is 2. The molecule has 0 fully saturated rings. The number of amides is 1. The highest BCUT2D eigenvalue weighted by Crippen LogP contribution is 2.24. The van der Waals surface area contributed by atoms with Crippen molar-refractivity contribution in [3.8, 4) is 0 Å².